The average Bonchev–Trinajstić information content (AvgIpc) is 3.10. The second-order valence-corrected chi connectivity index (χ2v) is 6.87. The van der Waals surface area contributed by atoms with Crippen LogP contribution in [0.4, 0.5) is 18.3 Å². The van der Waals surface area contributed by atoms with Gasteiger partial charge in [-0.15, -0.1) is 11.3 Å². The number of nitrogens with zero attached hydrogens (tertiary/aromatic N) is 1. The number of rotatable bonds is 5. The SMILES string of the molecule is CCCc1ccc(-c2csc(NC(=O)c3ccc(C(F)(F)F)cc3)n2)cc1. The summed E-state index contributed by atoms with van der Waals surface area (Å²) in [6, 6.07) is 12.2. The predicted molar refractivity (Wildman–Crippen MR) is 101 cm³/mol. The maximum absolute atomic E-state index is 12.6. The van der Waals surface area contributed by atoms with E-state index in [1.54, 1.807) is 0 Å². The molecule has 3 nitrogen and oxygen atoms in total. The number of carbonyl (C=O) groups excluding carboxylic acids is 1. The van der Waals surface area contributed by atoms with Crippen LogP contribution in [0.1, 0.15) is 34.8 Å². The topological polar surface area (TPSA) is 42.0 Å². The summed E-state index contributed by atoms with van der Waals surface area (Å²) in [5, 5.41) is 4.85. The third-order valence-corrected chi connectivity index (χ3v) is 4.75. The first-order valence-corrected chi connectivity index (χ1v) is 9.28. The first-order chi connectivity index (χ1) is 12.9. The van der Waals surface area contributed by atoms with Crippen molar-refractivity contribution >= 4 is 22.4 Å². The molecule has 0 atom stereocenters. The monoisotopic (exact) mass is 390 g/mol. The molecule has 7 heteroatoms. The smallest absolute Gasteiger partial charge is 0.298 e. The van der Waals surface area contributed by atoms with E-state index in [1.807, 2.05) is 17.5 Å². The molecule has 1 heterocycles. The van der Waals surface area contributed by atoms with Crippen LogP contribution in [0.3, 0.4) is 0 Å². The fraction of sp³-hybridized carbons (Fsp3) is 0.200. The number of thiazole rings is 1. The molecule has 0 aliphatic rings. The number of carbonyl (C=O) groups is 1. The van der Waals surface area contributed by atoms with Gasteiger partial charge in [-0.2, -0.15) is 13.2 Å². The lowest BCUT2D eigenvalue weighted by molar-refractivity contribution is -0.137. The van der Waals surface area contributed by atoms with E-state index in [9.17, 15) is 18.0 Å². The molecule has 0 spiro atoms. The molecular weight excluding hydrogens is 373 g/mol. The molecule has 1 N–H and O–H groups in total. The van der Waals surface area contributed by atoms with Gasteiger partial charge in [-0.25, -0.2) is 4.98 Å². The lowest BCUT2D eigenvalue weighted by Crippen LogP contribution is -2.12. The van der Waals surface area contributed by atoms with Crippen LogP contribution in [-0.2, 0) is 12.6 Å². The van der Waals surface area contributed by atoms with Crippen molar-refractivity contribution < 1.29 is 18.0 Å². The molecule has 3 rings (SSSR count). The maximum Gasteiger partial charge on any atom is 0.416 e. The summed E-state index contributed by atoms with van der Waals surface area (Å²) in [7, 11) is 0. The fourth-order valence-electron chi connectivity index (χ4n) is 2.57. The summed E-state index contributed by atoms with van der Waals surface area (Å²) in [6.07, 6.45) is -2.33. The lowest BCUT2D eigenvalue weighted by atomic mass is 10.1. The zero-order valence-corrected chi connectivity index (χ0v) is 15.3. The van der Waals surface area contributed by atoms with Crippen LogP contribution < -0.4 is 5.32 Å². The van der Waals surface area contributed by atoms with E-state index in [-0.39, 0.29) is 5.56 Å². The Labute approximate surface area is 158 Å². The third kappa shape index (κ3) is 4.74. The summed E-state index contributed by atoms with van der Waals surface area (Å²) in [5.41, 5.74) is 2.30. The number of hydrogen-bond donors (Lipinski definition) is 1. The van der Waals surface area contributed by atoms with Crippen molar-refractivity contribution in [2.75, 3.05) is 5.32 Å². The fourth-order valence-corrected chi connectivity index (χ4v) is 3.29. The van der Waals surface area contributed by atoms with Crippen molar-refractivity contribution in [1.29, 1.82) is 0 Å². The Bertz CT molecular complexity index is 916. The van der Waals surface area contributed by atoms with Crippen molar-refractivity contribution in [2.45, 2.75) is 25.9 Å². The first kappa shape index (κ1) is 19.1. The minimum atomic E-state index is -4.42. The minimum Gasteiger partial charge on any atom is -0.298 e. The van der Waals surface area contributed by atoms with Gasteiger partial charge < -0.3 is 0 Å². The molecule has 0 aliphatic heterocycles. The standard InChI is InChI=1S/C20H17F3N2OS/c1-2-3-13-4-6-14(7-5-13)17-12-27-19(24-17)25-18(26)15-8-10-16(11-9-15)20(21,22)23/h4-12H,2-3H2,1H3,(H,24,25,26). The van der Waals surface area contributed by atoms with Gasteiger partial charge in [-0.05, 0) is 36.2 Å². The Morgan fingerprint density at radius 1 is 1.07 bits per heavy atom. The Kier molecular flexibility index (Phi) is 5.60. The van der Waals surface area contributed by atoms with Crippen molar-refractivity contribution in [1.82, 2.24) is 4.98 Å². The molecule has 0 radical (unpaired) electrons. The van der Waals surface area contributed by atoms with Crippen LogP contribution in [0.5, 0.6) is 0 Å². The van der Waals surface area contributed by atoms with Gasteiger partial charge in [0.2, 0.25) is 0 Å². The van der Waals surface area contributed by atoms with E-state index in [1.165, 1.54) is 16.9 Å². The van der Waals surface area contributed by atoms with Gasteiger partial charge in [0.25, 0.3) is 5.91 Å². The third-order valence-electron chi connectivity index (χ3n) is 3.99. The molecule has 2 aromatic carbocycles. The second-order valence-electron chi connectivity index (χ2n) is 6.01. The maximum atomic E-state index is 12.6. The van der Waals surface area contributed by atoms with Gasteiger partial charge in [-0.1, -0.05) is 37.6 Å². The van der Waals surface area contributed by atoms with E-state index in [4.69, 9.17) is 0 Å². The molecule has 0 fully saturated rings. The molecule has 1 aromatic heterocycles. The molecule has 140 valence electrons. The van der Waals surface area contributed by atoms with Gasteiger partial charge >= 0.3 is 6.18 Å². The second kappa shape index (κ2) is 7.92. The summed E-state index contributed by atoms with van der Waals surface area (Å²) in [4.78, 5) is 16.6. The zero-order valence-electron chi connectivity index (χ0n) is 14.5. The van der Waals surface area contributed by atoms with Gasteiger partial charge in [0, 0.05) is 16.5 Å². The van der Waals surface area contributed by atoms with Gasteiger partial charge in [0.15, 0.2) is 5.13 Å². The Morgan fingerprint density at radius 3 is 2.33 bits per heavy atom. The number of aromatic nitrogens is 1. The summed E-state index contributed by atoms with van der Waals surface area (Å²) in [5.74, 6) is -0.497. The number of benzene rings is 2. The number of alkyl halides is 3. The van der Waals surface area contributed by atoms with Crippen LogP contribution in [-0.4, -0.2) is 10.9 Å². The molecule has 1 amide bonds. The highest BCUT2D eigenvalue weighted by Crippen LogP contribution is 2.29. The number of hydrogen-bond acceptors (Lipinski definition) is 3. The Morgan fingerprint density at radius 2 is 1.74 bits per heavy atom. The van der Waals surface area contributed by atoms with Crippen molar-refractivity contribution in [3.63, 3.8) is 0 Å². The number of halogens is 3. The van der Waals surface area contributed by atoms with E-state index >= 15 is 0 Å². The van der Waals surface area contributed by atoms with Gasteiger partial charge in [0.05, 0.1) is 11.3 Å². The number of amides is 1. The Hall–Kier alpha value is -2.67. The van der Waals surface area contributed by atoms with E-state index in [0.717, 1.165) is 48.4 Å². The van der Waals surface area contributed by atoms with Crippen LogP contribution in [0.25, 0.3) is 11.3 Å². The highest BCUT2D eigenvalue weighted by molar-refractivity contribution is 7.14. The summed E-state index contributed by atoms with van der Waals surface area (Å²) < 4.78 is 37.8. The first-order valence-electron chi connectivity index (χ1n) is 8.40. The molecule has 0 unspecified atom stereocenters. The zero-order chi connectivity index (χ0) is 19.4. The van der Waals surface area contributed by atoms with Crippen LogP contribution in [0.15, 0.2) is 53.9 Å². The minimum absolute atomic E-state index is 0.142. The van der Waals surface area contributed by atoms with E-state index < -0.39 is 17.6 Å². The van der Waals surface area contributed by atoms with Crippen molar-refractivity contribution in [3.8, 4) is 11.3 Å². The van der Waals surface area contributed by atoms with Crippen LogP contribution in [0, 0.1) is 0 Å². The normalized spacial score (nSPS) is 11.4. The van der Waals surface area contributed by atoms with Crippen LogP contribution >= 0.6 is 11.3 Å². The average molecular weight is 390 g/mol. The molecule has 3 aromatic rings. The van der Waals surface area contributed by atoms with E-state index in [0.29, 0.717) is 5.13 Å². The summed E-state index contributed by atoms with van der Waals surface area (Å²) in [6.45, 7) is 2.12. The van der Waals surface area contributed by atoms with E-state index in [2.05, 4.69) is 29.4 Å². The van der Waals surface area contributed by atoms with Crippen LogP contribution in [0.2, 0.25) is 0 Å². The molecular formula is C20H17F3N2OS. The molecule has 0 saturated carbocycles. The van der Waals surface area contributed by atoms with Gasteiger partial charge in [-0.3, -0.25) is 10.1 Å². The molecule has 0 bridgehead atoms. The number of anilines is 1. The van der Waals surface area contributed by atoms with Crippen molar-refractivity contribution in [2.24, 2.45) is 0 Å². The van der Waals surface area contributed by atoms with Crippen molar-refractivity contribution in [3.05, 3.63) is 70.6 Å². The number of aryl methyl sites for hydroxylation is 1. The highest BCUT2D eigenvalue weighted by atomic mass is 32.1. The lowest BCUT2D eigenvalue weighted by Gasteiger charge is -2.07. The molecule has 27 heavy (non-hydrogen) atoms. The quantitative estimate of drug-likeness (QED) is 0.578. The number of nitrogens with one attached hydrogen (secondary N) is 1. The Balaban J connectivity index is 1.69. The molecule has 0 saturated heterocycles. The predicted octanol–water partition coefficient (Wildman–Crippen LogP) is 6.03. The molecule has 0 aliphatic carbocycles. The highest BCUT2D eigenvalue weighted by Gasteiger charge is 2.30. The van der Waals surface area contributed by atoms with Gasteiger partial charge in [0.1, 0.15) is 0 Å². The largest absolute Gasteiger partial charge is 0.416 e. The summed E-state index contributed by atoms with van der Waals surface area (Å²) >= 11 is 1.27.